The van der Waals surface area contributed by atoms with Crippen molar-refractivity contribution in [2.45, 2.75) is 44.6 Å². The van der Waals surface area contributed by atoms with E-state index in [2.05, 4.69) is 17.5 Å². The van der Waals surface area contributed by atoms with E-state index in [4.69, 9.17) is 5.11 Å². The highest BCUT2D eigenvalue weighted by Gasteiger charge is 2.15. The van der Waals surface area contributed by atoms with Crippen LogP contribution >= 0.6 is 0 Å². The number of carboxylic acid groups (broad SMARTS) is 1. The van der Waals surface area contributed by atoms with Gasteiger partial charge in [-0.25, -0.2) is 9.18 Å². The lowest BCUT2D eigenvalue weighted by molar-refractivity contribution is -0.121. The zero-order chi connectivity index (χ0) is 15.9. The molecule has 22 heavy (non-hydrogen) atoms. The predicted octanol–water partition coefficient (Wildman–Crippen LogP) is 3.07. The fraction of sp³-hybridized carbons (Fsp3) is 0.412. The molecule has 0 fully saturated rings. The topological polar surface area (TPSA) is 66.4 Å². The van der Waals surface area contributed by atoms with Crippen LogP contribution in [-0.4, -0.2) is 23.0 Å². The summed E-state index contributed by atoms with van der Waals surface area (Å²) in [5.41, 5.74) is 0.0988. The molecule has 1 aliphatic rings. The molecule has 5 heteroatoms. The van der Waals surface area contributed by atoms with Gasteiger partial charge in [0.1, 0.15) is 5.82 Å². The number of allylic oxidation sites excluding steroid dienone is 2. The molecule has 0 heterocycles. The average Bonchev–Trinajstić information content (AvgIpc) is 2.41. The Balaban J connectivity index is 1.92. The lowest BCUT2D eigenvalue weighted by Crippen LogP contribution is -2.36. The van der Waals surface area contributed by atoms with Gasteiger partial charge in [-0.15, -0.1) is 0 Å². The molecule has 0 saturated heterocycles. The van der Waals surface area contributed by atoms with Crippen molar-refractivity contribution in [2.24, 2.45) is 0 Å². The summed E-state index contributed by atoms with van der Waals surface area (Å²) in [4.78, 5) is 22.8. The second-order valence-corrected chi connectivity index (χ2v) is 5.54. The fourth-order valence-corrected chi connectivity index (χ4v) is 2.61. The summed E-state index contributed by atoms with van der Waals surface area (Å²) < 4.78 is 13.6. The molecular formula is C17H20FNO3. The van der Waals surface area contributed by atoms with Crippen molar-refractivity contribution >= 4 is 11.9 Å². The predicted molar refractivity (Wildman–Crippen MR) is 81.2 cm³/mol. The van der Waals surface area contributed by atoms with Crippen molar-refractivity contribution in [3.05, 3.63) is 47.3 Å². The lowest BCUT2D eigenvalue weighted by Gasteiger charge is -2.19. The molecular weight excluding hydrogens is 285 g/mol. The van der Waals surface area contributed by atoms with E-state index in [1.807, 2.05) is 0 Å². The first-order chi connectivity index (χ1) is 10.6. The summed E-state index contributed by atoms with van der Waals surface area (Å²) in [6, 6.07) is 3.94. The van der Waals surface area contributed by atoms with Crippen LogP contribution in [0.4, 0.5) is 4.39 Å². The molecule has 1 aliphatic carbocycles. The van der Waals surface area contributed by atoms with Crippen LogP contribution in [-0.2, 0) is 11.2 Å². The van der Waals surface area contributed by atoms with E-state index in [9.17, 15) is 14.0 Å². The molecule has 0 saturated carbocycles. The van der Waals surface area contributed by atoms with Crippen LogP contribution in [0.1, 0.15) is 48.0 Å². The fourth-order valence-electron chi connectivity index (χ4n) is 2.61. The minimum atomic E-state index is -1.31. The lowest BCUT2D eigenvalue weighted by atomic mass is 10.0. The Morgan fingerprint density at radius 3 is 2.73 bits per heavy atom. The number of carboxylic acids is 1. The van der Waals surface area contributed by atoms with Gasteiger partial charge < -0.3 is 10.4 Å². The Bertz CT molecular complexity index is 583. The van der Waals surface area contributed by atoms with E-state index in [0.29, 0.717) is 5.56 Å². The number of hydrogen-bond donors (Lipinski definition) is 2. The van der Waals surface area contributed by atoms with Gasteiger partial charge in [-0.2, -0.15) is 0 Å². The molecule has 1 aromatic carbocycles. The average molecular weight is 305 g/mol. The molecule has 0 aromatic heterocycles. The van der Waals surface area contributed by atoms with Gasteiger partial charge in [-0.1, -0.05) is 18.2 Å². The van der Waals surface area contributed by atoms with Crippen LogP contribution in [0.2, 0.25) is 0 Å². The van der Waals surface area contributed by atoms with Gasteiger partial charge in [-0.05, 0) is 49.8 Å². The first-order valence-corrected chi connectivity index (χ1v) is 7.52. The number of amides is 1. The van der Waals surface area contributed by atoms with Crippen molar-refractivity contribution in [3.63, 3.8) is 0 Å². The highest BCUT2D eigenvalue weighted by atomic mass is 19.1. The number of carbonyl (C=O) groups is 2. The minimum absolute atomic E-state index is 0.0587. The van der Waals surface area contributed by atoms with E-state index >= 15 is 0 Å². The van der Waals surface area contributed by atoms with Crippen molar-refractivity contribution in [1.29, 1.82) is 0 Å². The third-order valence-electron chi connectivity index (χ3n) is 3.77. The number of rotatable bonds is 4. The van der Waals surface area contributed by atoms with Crippen molar-refractivity contribution < 1.29 is 19.1 Å². The zero-order valence-corrected chi connectivity index (χ0v) is 12.3. The number of hydrogen-bond acceptors (Lipinski definition) is 2. The molecule has 4 nitrogen and oxygen atoms in total. The van der Waals surface area contributed by atoms with E-state index in [1.54, 1.807) is 0 Å². The molecule has 0 radical (unpaired) electrons. The Labute approximate surface area is 129 Å². The Kier molecular flexibility index (Phi) is 5.69. The van der Waals surface area contributed by atoms with Crippen LogP contribution in [0.3, 0.4) is 0 Å². The van der Waals surface area contributed by atoms with Crippen molar-refractivity contribution in [3.8, 4) is 0 Å². The van der Waals surface area contributed by atoms with Gasteiger partial charge in [-0.3, -0.25) is 4.79 Å². The summed E-state index contributed by atoms with van der Waals surface area (Å²) in [5.74, 6) is -2.28. The van der Waals surface area contributed by atoms with E-state index in [-0.39, 0.29) is 23.9 Å². The normalized spacial score (nSPS) is 19.8. The standard InChI is InChI=1S/C17H20FNO3/c18-15-10-12(8-9-14(15)17(21)22)11-16(20)19-13-6-4-2-1-3-5-7-13/h1-2,8-10,13H,3-7,11H2,(H,19,20)(H,21,22)/b2-1-. The summed E-state index contributed by atoms with van der Waals surface area (Å²) >= 11 is 0. The van der Waals surface area contributed by atoms with Gasteiger partial charge in [0.2, 0.25) is 5.91 Å². The molecule has 1 amide bonds. The summed E-state index contributed by atoms with van der Waals surface area (Å²) in [6.07, 6.45) is 9.26. The minimum Gasteiger partial charge on any atom is -0.478 e. The van der Waals surface area contributed by atoms with Crippen molar-refractivity contribution in [2.75, 3.05) is 0 Å². The second kappa shape index (κ2) is 7.73. The third kappa shape index (κ3) is 4.69. The first-order valence-electron chi connectivity index (χ1n) is 7.52. The highest BCUT2D eigenvalue weighted by molar-refractivity contribution is 5.88. The molecule has 0 bridgehead atoms. The quantitative estimate of drug-likeness (QED) is 0.840. The maximum absolute atomic E-state index is 13.6. The number of aromatic carboxylic acids is 1. The van der Waals surface area contributed by atoms with Gasteiger partial charge in [0.05, 0.1) is 12.0 Å². The number of halogens is 1. The maximum Gasteiger partial charge on any atom is 0.338 e. The van der Waals surface area contributed by atoms with Crippen LogP contribution in [0.5, 0.6) is 0 Å². The van der Waals surface area contributed by atoms with Crippen LogP contribution in [0.15, 0.2) is 30.4 Å². The highest BCUT2D eigenvalue weighted by Crippen LogP contribution is 2.14. The maximum atomic E-state index is 13.6. The van der Waals surface area contributed by atoms with Crippen LogP contribution in [0, 0.1) is 5.82 Å². The number of nitrogens with one attached hydrogen (secondary N) is 1. The summed E-state index contributed by atoms with van der Waals surface area (Å²) in [5, 5.41) is 11.8. The Morgan fingerprint density at radius 1 is 1.23 bits per heavy atom. The van der Waals surface area contributed by atoms with Crippen LogP contribution in [0.25, 0.3) is 0 Å². The van der Waals surface area contributed by atoms with E-state index < -0.39 is 11.8 Å². The third-order valence-corrected chi connectivity index (χ3v) is 3.77. The molecule has 2 rings (SSSR count). The Morgan fingerprint density at radius 2 is 2.00 bits per heavy atom. The van der Waals surface area contributed by atoms with Crippen molar-refractivity contribution in [1.82, 2.24) is 5.32 Å². The molecule has 0 aliphatic heterocycles. The molecule has 1 unspecified atom stereocenters. The molecule has 118 valence electrons. The smallest absolute Gasteiger partial charge is 0.338 e. The second-order valence-electron chi connectivity index (χ2n) is 5.54. The summed E-state index contributed by atoms with van der Waals surface area (Å²) in [6.45, 7) is 0. The van der Waals surface area contributed by atoms with Gasteiger partial charge in [0, 0.05) is 6.04 Å². The molecule has 0 spiro atoms. The monoisotopic (exact) mass is 305 g/mol. The number of carbonyl (C=O) groups excluding carboxylic acids is 1. The SMILES string of the molecule is O=C(Cc1ccc(C(=O)O)c(F)c1)NC1CC/C=C\CCC1. The largest absolute Gasteiger partial charge is 0.478 e. The Hall–Kier alpha value is -2.17. The van der Waals surface area contributed by atoms with E-state index in [1.165, 1.54) is 12.1 Å². The van der Waals surface area contributed by atoms with Gasteiger partial charge >= 0.3 is 5.97 Å². The number of benzene rings is 1. The van der Waals surface area contributed by atoms with Gasteiger partial charge in [0.15, 0.2) is 0 Å². The zero-order valence-electron chi connectivity index (χ0n) is 12.3. The molecule has 2 N–H and O–H groups in total. The van der Waals surface area contributed by atoms with Gasteiger partial charge in [0.25, 0.3) is 0 Å². The summed E-state index contributed by atoms with van der Waals surface area (Å²) in [7, 11) is 0. The molecule has 1 aromatic rings. The first kappa shape index (κ1) is 16.2. The van der Waals surface area contributed by atoms with E-state index in [0.717, 1.165) is 38.2 Å². The molecule has 1 atom stereocenters. The van der Waals surface area contributed by atoms with Crippen LogP contribution < -0.4 is 5.32 Å².